The normalized spacial score (nSPS) is 11.4. The Labute approximate surface area is 68.2 Å². The van der Waals surface area contributed by atoms with Crippen molar-refractivity contribution in [3.63, 3.8) is 0 Å². The summed E-state index contributed by atoms with van der Waals surface area (Å²) in [5.74, 6) is -0.103. The first kappa shape index (κ1) is 10.2. The highest BCUT2D eigenvalue weighted by atomic mass is 16.5. The highest BCUT2D eigenvalue weighted by Crippen LogP contribution is 1.96. The fourth-order valence-electron chi connectivity index (χ4n) is 0.554. The van der Waals surface area contributed by atoms with E-state index in [9.17, 15) is 4.79 Å². The molecule has 64 valence electrons. The molecule has 0 unspecified atom stereocenters. The summed E-state index contributed by atoms with van der Waals surface area (Å²) in [6, 6.07) is 0. The highest BCUT2D eigenvalue weighted by molar-refractivity contribution is 5.69. The van der Waals surface area contributed by atoms with Gasteiger partial charge < -0.3 is 4.74 Å². The Hall–Kier alpha value is -0.790. The molecule has 0 spiro atoms. The van der Waals surface area contributed by atoms with E-state index in [2.05, 4.69) is 0 Å². The lowest BCUT2D eigenvalue weighted by molar-refractivity contribution is -0.142. The van der Waals surface area contributed by atoms with Crippen LogP contribution in [0.5, 0.6) is 0 Å². The zero-order valence-corrected chi connectivity index (χ0v) is 7.52. The fraction of sp³-hybridized carbons (Fsp3) is 0.667. The Balaban J connectivity index is 3.46. The molecule has 2 nitrogen and oxygen atoms in total. The average molecular weight is 156 g/mol. The van der Waals surface area contributed by atoms with Crippen LogP contribution < -0.4 is 0 Å². The van der Waals surface area contributed by atoms with Crippen molar-refractivity contribution in [2.75, 3.05) is 6.61 Å². The summed E-state index contributed by atoms with van der Waals surface area (Å²) >= 11 is 0. The van der Waals surface area contributed by atoms with E-state index in [-0.39, 0.29) is 5.97 Å². The summed E-state index contributed by atoms with van der Waals surface area (Å²) in [6.45, 7) is 6.28. The largest absolute Gasteiger partial charge is 0.461 e. The van der Waals surface area contributed by atoms with Crippen LogP contribution in [0, 0.1) is 0 Å². The van der Waals surface area contributed by atoms with Gasteiger partial charge in [-0.05, 0) is 25.8 Å². The Bertz CT molecular complexity index is 148. The van der Waals surface area contributed by atoms with Crippen molar-refractivity contribution in [1.82, 2.24) is 0 Å². The van der Waals surface area contributed by atoms with Gasteiger partial charge in [0.1, 0.15) is 6.61 Å². The molecule has 0 aliphatic rings. The second kappa shape index (κ2) is 5.96. The maximum atomic E-state index is 10.8. The Morgan fingerprint density at radius 2 is 2.18 bits per heavy atom. The third-order valence-corrected chi connectivity index (χ3v) is 1.41. The number of carbonyl (C=O) groups is 1. The predicted octanol–water partition coefficient (Wildman–Crippen LogP) is 2.30. The van der Waals surface area contributed by atoms with Crippen LogP contribution in [-0.2, 0) is 9.53 Å². The summed E-state index contributed by atoms with van der Waals surface area (Å²) in [7, 11) is 0. The minimum Gasteiger partial charge on any atom is -0.461 e. The lowest BCUT2D eigenvalue weighted by atomic mass is 10.3. The van der Waals surface area contributed by atoms with Gasteiger partial charge in [0.25, 0.3) is 0 Å². The van der Waals surface area contributed by atoms with Crippen LogP contribution in [0.3, 0.4) is 0 Å². The van der Waals surface area contributed by atoms with Gasteiger partial charge in [-0.3, -0.25) is 4.79 Å². The van der Waals surface area contributed by atoms with E-state index < -0.39 is 0 Å². The molecule has 0 saturated carbocycles. The lowest BCUT2D eigenvalue weighted by Crippen LogP contribution is -2.05. The van der Waals surface area contributed by atoms with Gasteiger partial charge in [0, 0.05) is 6.42 Å². The number of hydrogen-bond donors (Lipinski definition) is 0. The van der Waals surface area contributed by atoms with Crippen molar-refractivity contribution >= 4 is 5.97 Å². The molecule has 0 heterocycles. The molecule has 0 fully saturated rings. The molecule has 0 aromatic carbocycles. The standard InChI is InChI=1S/C9H16O2/c1-4-6-9(10)11-7-8(3)5-2/h5H,4,6-7H2,1-3H3. The first-order chi connectivity index (χ1) is 5.20. The molecular weight excluding hydrogens is 140 g/mol. The molecule has 0 aliphatic heterocycles. The molecule has 0 amide bonds. The number of carbonyl (C=O) groups excluding carboxylic acids is 1. The van der Waals surface area contributed by atoms with Gasteiger partial charge in [-0.2, -0.15) is 0 Å². The molecule has 2 heteroatoms. The predicted molar refractivity (Wildman–Crippen MR) is 45.3 cm³/mol. The molecule has 11 heavy (non-hydrogen) atoms. The second-order valence-electron chi connectivity index (χ2n) is 2.55. The zero-order chi connectivity index (χ0) is 8.69. The van der Waals surface area contributed by atoms with Gasteiger partial charge in [0.15, 0.2) is 0 Å². The molecule has 0 radical (unpaired) electrons. The van der Waals surface area contributed by atoms with Crippen molar-refractivity contribution in [3.05, 3.63) is 11.6 Å². The quantitative estimate of drug-likeness (QED) is 0.461. The molecular formula is C9H16O2. The van der Waals surface area contributed by atoms with Crippen molar-refractivity contribution < 1.29 is 9.53 Å². The molecule has 0 bridgehead atoms. The van der Waals surface area contributed by atoms with Gasteiger partial charge in [-0.1, -0.05) is 13.0 Å². The molecule has 0 saturated heterocycles. The van der Waals surface area contributed by atoms with Crippen LogP contribution in [0.4, 0.5) is 0 Å². The molecule has 0 aliphatic carbocycles. The summed E-state index contributed by atoms with van der Waals surface area (Å²) < 4.78 is 4.93. The van der Waals surface area contributed by atoms with E-state index in [4.69, 9.17) is 4.74 Å². The lowest BCUT2D eigenvalue weighted by Gasteiger charge is -2.02. The van der Waals surface area contributed by atoms with E-state index in [1.54, 1.807) is 0 Å². The number of esters is 1. The number of hydrogen-bond acceptors (Lipinski definition) is 2. The minimum atomic E-state index is -0.103. The molecule has 0 aromatic rings. The van der Waals surface area contributed by atoms with Crippen molar-refractivity contribution in [2.45, 2.75) is 33.6 Å². The Morgan fingerprint density at radius 3 is 2.64 bits per heavy atom. The van der Waals surface area contributed by atoms with Gasteiger partial charge in [0.2, 0.25) is 0 Å². The third kappa shape index (κ3) is 5.64. The summed E-state index contributed by atoms with van der Waals surface area (Å²) in [4.78, 5) is 10.8. The molecule has 0 rings (SSSR count). The maximum Gasteiger partial charge on any atom is 0.306 e. The third-order valence-electron chi connectivity index (χ3n) is 1.41. The monoisotopic (exact) mass is 156 g/mol. The smallest absolute Gasteiger partial charge is 0.306 e. The average Bonchev–Trinajstić information content (AvgIpc) is 2.01. The van der Waals surface area contributed by atoms with Crippen LogP contribution >= 0.6 is 0 Å². The molecule has 0 aromatic heterocycles. The fourth-order valence-corrected chi connectivity index (χ4v) is 0.554. The van der Waals surface area contributed by atoms with Crippen LogP contribution in [0.1, 0.15) is 33.6 Å². The summed E-state index contributed by atoms with van der Waals surface area (Å²) in [5, 5.41) is 0. The molecule has 0 N–H and O–H groups in total. The van der Waals surface area contributed by atoms with Gasteiger partial charge in [-0.15, -0.1) is 0 Å². The van der Waals surface area contributed by atoms with Gasteiger partial charge >= 0.3 is 5.97 Å². The number of ether oxygens (including phenoxy) is 1. The first-order valence-corrected chi connectivity index (χ1v) is 3.98. The van der Waals surface area contributed by atoms with E-state index >= 15 is 0 Å². The maximum absolute atomic E-state index is 10.8. The van der Waals surface area contributed by atoms with Crippen LogP contribution in [0.25, 0.3) is 0 Å². The van der Waals surface area contributed by atoms with E-state index in [1.165, 1.54) is 0 Å². The summed E-state index contributed by atoms with van der Waals surface area (Å²) in [5.41, 5.74) is 1.09. The van der Waals surface area contributed by atoms with Crippen molar-refractivity contribution in [1.29, 1.82) is 0 Å². The molecule has 0 atom stereocenters. The van der Waals surface area contributed by atoms with Crippen molar-refractivity contribution in [3.8, 4) is 0 Å². The van der Waals surface area contributed by atoms with E-state index in [0.29, 0.717) is 13.0 Å². The first-order valence-electron chi connectivity index (χ1n) is 3.98. The topological polar surface area (TPSA) is 26.3 Å². The van der Waals surface area contributed by atoms with Crippen LogP contribution in [0.2, 0.25) is 0 Å². The van der Waals surface area contributed by atoms with Gasteiger partial charge in [-0.25, -0.2) is 0 Å². The van der Waals surface area contributed by atoms with E-state index in [0.717, 1.165) is 12.0 Å². The van der Waals surface area contributed by atoms with E-state index in [1.807, 2.05) is 26.8 Å². The van der Waals surface area contributed by atoms with Crippen molar-refractivity contribution in [2.24, 2.45) is 0 Å². The number of rotatable bonds is 4. The Kier molecular flexibility index (Phi) is 5.53. The van der Waals surface area contributed by atoms with Crippen LogP contribution in [-0.4, -0.2) is 12.6 Å². The number of allylic oxidation sites excluding steroid dienone is 1. The summed E-state index contributed by atoms with van der Waals surface area (Å²) in [6.07, 6.45) is 3.32. The minimum absolute atomic E-state index is 0.103. The van der Waals surface area contributed by atoms with Crippen LogP contribution in [0.15, 0.2) is 11.6 Å². The Morgan fingerprint density at radius 1 is 1.55 bits per heavy atom. The second-order valence-corrected chi connectivity index (χ2v) is 2.55. The SMILES string of the molecule is CC=C(C)COC(=O)CCC. The zero-order valence-electron chi connectivity index (χ0n) is 7.52. The van der Waals surface area contributed by atoms with Gasteiger partial charge in [0.05, 0.1) is 0 Å². The highest BCUT2D eigenvalue weighted by Gasteiger charge is 1.99.